The Bertz CT molecular complexity index is 341. The maximum atomic E-state index is 5.66. The van der Waals surface area contributed by atoms with Crippen LogP contribution in [-0.2, 0) is 6.42 Å². The Hall–Kier alpha value is -0.540. The molecule has 0 aliphatic heterocycles. The molecule has 0 atom stereocenters. The molecule has 0 amide bonds. The molecule has 1 aromatic carbocycles. The van der Waals surface area contributed by atoms with E-state index in [0.717, 1.165) is 29.8 Å². The number of aryl methyl sites for hydroxylation is 1. The minimum atomic E-state index is 0.733. The molecular formula is C15H24BrNO. The van der Waals surface area contributed by atoms with Gasteiger partial charge in [-0.3, -0.25) is 0 Å². The Balaban J connectivity index is 2.37. The van der Waals surface area contributed by atoms with Gasteiger partial charge in [0.15, 0.2) is 0 Å². The van der Waals surface area contributed by atoms with Crippen LogP contribution < -0.4 is 10.1 Å². The summed E-state index contributed by atoms with van der Waals surface area (Å²) in [4.78, 5) is 0. The lowest BCUT2D eigenvalue weighted by atomic mass is 10.1. The maximum Gasteiger partial charge on any atom is 0.122 e. The zero-order valence-corrected chi connectivity index (χ0v) is 13.1. The molecule has 0 saturated carbocycles. The van der Waals surface area contributed by atoms with Gasteiger partial charge in [-0.25, -0.2) is 0 Å². The van der Waals surface area contributed by atoms with Crippen LogP contribution in [0, 0.1) is 0 Å². The molecule has 0 fully saturated rings. The van der Waals surface area contributed by atoms with Gasteiger partial charge < -0.3 is 10.1 Å². The van der Waals surface area contributed by atoms with Gasteiger partial charge in [0.25, 0.3) is 0 Å². The van der Waals surface area contributed by atoms with Gasteiger partial charge in [-0.1, -0.05) is 28.8 Å². The first-order valence-corrected chi connectivity index (χ1v) is 7.63. The van der Waals surface area contributed by atoms with Crippen molar-refractivity contribution in [2.24, 2.45) is 0 Å². The first-order valence-electron chi connectivity index (χ1n) is 6.83. The third-order valence-corrected chi connectivity index (χ3v) is 3.44. The van der Waals surface area contributed by atoms with Gasteiger partial charge in [0.2, 0.25) is 0 Å². The number of benzene rings is 1. The fourth-order valence-corrected chi connectivity index (χ4v) is 2.42. The average Bonchev–Trinajstić information content (AvgIpc) is 2.37. The van der Waals surface area contributed by atoms with Crippen molar-refractivity contribution in [3.05, 3.63) is 28.2 Å². The first-order chi connectivity index (χ1) is 8.77. The molecule has 0 unspecified atom stereocenters. The lowest BCUT2D eigenvalue weighted by Crippen LogP contribution is -2.07. The number of hydrogen-bond acceptors (Lipinski definition) is 2. The molecule has 1 rings (SSSR count). The molecule has 2 nitrogen and oxygen atoms in total. The fraction of sp³-hybridized carbons (Fsp3) is 0.600. The van der Waals surface area contributed by atoms with E-state index in [1.54, 1.807) is 0 Å². The van der Waals surface area contributed by atoms with Crippen LogP contribution in [0.25, 0.3) is 0 Å². The number of halogens is 1. The molecule has 1 aromatic rings. The normalized spacial score (nSPS) is 10.6. The average molecular weight is 314 g/mol. The summed E-state index contributed by atoms with van der Waals surface area (Å²) in [6.07, 6.45) is 6.21. The Labute approximate surface area is 119 Å². The first kappa shape index (κ1) is 15.5. The molecule has 0 radical (unpaired) electrons. The second kappa shape index (κ2) is 9.40. The standard InChI is InChI=1S/C15H24BrNO/c1-3-18-15-10-9-14(16)12-13(15)8-6-4-5-7-11-17-2/h9-10,12,17H,3-8,11H2,1-2H3. The van der Waals surface area contributed by atoms with E-state index < -0.39 is 0 Å². The highest BCUT2D eigenvalue weighted by Crippen LogP contribution is 2.25. The summed E-state index contributed by atoms with van der Waals surface area (Å²) < 4.78 is 6.79. The van der Waals surface area contributed by atoms with E-state index >= 15 is 0 Å². The van der Waals surface area contributed by atoms with Crippen molar-refractivity contribution in [2.45, 2.75) is 39.0 Å². The van der Waals surface area contributed by atoms with Gasteiger partial charge in [-0.2, -0.15) is 0 Å². The Morgan fingerprint density at radius 3 is 2.67 bits per heavy atom. The summed E-state index contributed by atoms with van der Waals surface area (Å²) in [5.41, 5.74) is 1.32. The molecule has 0 saturated heterocycles. The molecule has 0 aliphatic carbocycles. The molecule has 0 aliphatic rings. The van der Waals surface area contributed by atoms with Crippen molar-refractivity contribution in [1.29, 1.82) is 0 Å². The third-order valence-electron chi connectivity index (χ3n) is 2.95. The van der Waals surface area contributed by atoms with Crippen molar-refractivity contribution in [2.75, 3.05) is 20.2 Å². The Morgan fingerprint density at radius 2 is 1.94 bits per heavy atom. The minimum absolute atomic E-state index is 0.733. The SMILES string of the molecule is CCOc1ccc(Br)cc1CCCCCCNC. The smallest absolute Gasteiger partial charge is 0.122 e. The van der Waals surface area contributed by atoms with Crippen molar-refractivity contribution in [3.63, 3.8) is 0 Å². The zero-order chi connectivity index (χ0) is 13.2. The molecule has 0 bridgehead atoms. The number of nitrogens with one attached hydrogen (secondary N) is 1. The number of unbranched alkanes of at least 4 members (excludes halogenated alkanes) is 3. The van der Waals surface area contributed by atoms with Crippen LogP contribution in [-0.4, -0.2) is 20.2 Å². The number of hydrogen-bond donors (Lipinski definition) is 1. The molecule has 0 aromatic heterocycles. The minimum Gasteiger partial charge on any atom is -0.494 e. The highest BCUT2D eigenvalue weighted by atomic mass is 79.9. The van der Waals surface area contributed by atoms with E-state index in [9.17, 15) is 0 Å². The van der Waals surface area contributed by atoms with E-state index in [1.165, 1.54) is 31.2 Å². The van der Waals surface area contributed by atoms with Crippen molar-refractivity contribution >= 4 is 15.9 Å². The Morgan fingerprint density at radius 1 is 1.17 bits per heavy atom. The highest BCUT2D eigenvalue weighted by molar-refractivity contribution is 9.10. The molecule has 0 heterocycles. The van der Waals surface area contributed by atoms with Gasteiger partial charge >= 0.3 is 0 Å². The van der Waals surface area contributed by atoms with Crippen LogP contribution in [0.4, 0.5) is 0 Å². The number of rotatable bonds is 9. The van der Waals surface area contributed by atoms with E-state index in [4.69, 9.17) is 4.74 Å². The van der Waals surface area contributed by atoms with Crippen LogP contribution in [0.1, 0.15) is 38.2 Å². The molecule has 102 valence electrons. The third kappa shape index (κ3) is 5.87. The van der Waals surface area contributed by atoms with Gasteiger partial charge in [0, 0.05) is 4.47 Å². The van der Waals surface area contributed by atoms with Crippen LogP contribution in [0.2, 0.25) is 0 Å². The van der Waals surface area contributed by atoms with Crippen LogP contribution in [0.15, 0.2) is 22.7 Å². The van der Waals surface area contributed by atoms with Gasteiger partial charge in [0.1, 0.15) is 5.75 Å². The summed E-state index contributed by atoms with van der Waals surface area (Å²) in [5.74, 6) is 1.04. The molecule has 0 spiro atoms. The summed E-state index contributed by atoms with van der Waals surface area (Å²) in [5, 5.41) is 3.18. The summed E-state index contributed by atoms with van der Waals surface area (Å²) in [7, 11) is 2.01. The van der Waals surface area contributed by atoms with E-state index in [2.05, 4.69) is 33.4 Å². The van der Waals surface area contributed by atoms with E-state index in [-0.39, 0.29) is 0 Å². The van der Waals surface area contributed by atoms with Crippen molar-refractivity contribution < 1.29 is 4.74 Å². The van der Waals surface area contributed by atoms with Crippen LogP contribution in [0.3, 0.4) is 0 Å². The monoisotopic (exact) mass is 313 g/mol. The number of ether oxygens (including phenoxy) is 1. The van der Waals surface area contributed by atoms with Crippen molar-refractivity contribution in [3.8, 4) is 5.75 Å². The second-order valence-corrected chi connectivity index (χ2v) is 5.37. The zero-order valence-electron chi connectivity index (χ0n) is 11.5. The molecular weight excluding hydrogens is 290 g/mol. The van der Waals surface area contributed by atoms with Crippen LogP contribution in [0.5, 0.6) is 5.75 Å². The highest BCUT2D eigenvalue weighted by Gasteiger charge is 2.04. The maximum absolute atomic E-state index is 5.66. The fourth-order valence-electron chi connectivity index (χ4n) is 2.01. The van der Waals surface area contributed by atoms with Gasteiger partial charge in [-0.05, 0) is 63.5 Å². The van der Waals surface area contributed by atoms with Crippen molar-refractivity contribution in [1.82, 2.24) is 5.32 Å². The largest absolute Gasteiger partial charge is 0.494 e. The predicted molar refractivity (Wildman–Crippen MR) is 81.4 cm³/mol. The van der Waals surface area contributed by atoms with Gasteiger partial charge in [0.05, 0.1) is 6.61 Å². The lowest BCUT2D eigenvalue weighted by molar-refractivity contribution is 0.336. The lowest BCUT2D eigenvalue weighted by Gasteiger charge is -2.10. The molecule has 1 N–H and O–H groups in total. The summed E-state index contributed by atoms with van der Waals surface area (Å²) in [6.45, 7) is 3.89. The summed E-state index contributed by atoms with van der Waals surface area (Å²) >= 11 is 3.53. The summed E-state index contributed by atoms with van der Waals surface area (Å²) in [6, 6.07) is 6.28. The topological polar surface area (TPSA) is 21.3 Å². The molecule has 18 heavy (non-hydrogen) atoms. The molecule has 3 heteroatoms. The Kier molecular flexibility index (Phi) is 8.10. The quantitative estimate of drug-likeness (QED) is 0.691. The predicted octanol–water partition coefficient (Wildman–Crippen LogP) is 4.17. The van der Waals surface area contributed by atoms with E-state index in [1.807, 2.05) is 20.0 Å². The van der Waals surface area contributed by atoms with Crippen LogP contribution >= 0.6 is 15.9 Å². The second-order valence-electron chi connectivity index (χ2n) is 4.45. The van der Waals surface area contributed by atoms with E-state index in [0.29, 0.717) is 0 Å². The van der Waals surface area contributed by atoms with Gasteiger partial charge in [-0.15, -0.1) is 0 Å².